The first-order valence-corrected chi connectivity index (χ1v) is 9.30. The summed E-state index contributed by atoms with van der Waals surface area (Å²) in [5, 5.41) is 3.08. The first kappa shape index (κ1) is 20.9. The van der Waals surface area contributed by atoms with Crippen LogP contribution in [0, 0.1) is 0 Å². The van der Waals surface area contributed by atoms with E-state index in [1.807, 2.05) is 0 Å². The van der Waals surface area contributed by atoms with Crippen molar-refractivity contribution < 1.29 is 8.42 Å². The Kier molecular flexibility index (Phi) is 10.6. The average molecular weight is 432 g/mol. The van der Waals surface area contributed by atoms with Gasteiger partial charge in [-0.15, -0.1) is 24.0 Å². The molecule has 1 fully saturated rings. The molecule has 0 aromatic carbocycles. The topological polar surface area (TPSA) is 87.8 Å². The Balaban J connectivity index is 0.00000400. The van der Waals surface area contributed by atoms with Gasteiger partial charge in [0.05, 0.1) is 12.8 Å². The van der Waals surface area contributed by atoms with Crippen LogP contribution in [0.3, 0.4) is 0 Å². The Morgan fingerprint density at radius 1 is 1.38 bits per heavy atom. The molecule has 126 valence electrons. The van der Waals surface area contributed by atoms with E-state index in [-0.39, 0.29) is 30.0 Å². The fourth-order valence-electron chi connectivity index (χ4n) is 2.46. The number of halogens is 1. The van der Waals surface area contributed by atoms with Crippen molar-refractivity contribution in [1.82, 2.24) is 9.62 Å². The second kappa shape index (κ2) is 10.6. The number of nitrogens with one attached hydrogen (secondary N) is 1. The minimum atomic E-state index is -3.12. The van der Waals surface area contributed by atoms with Crippen LogP contribution in [0.25, 0.3) is 0 Å². The Morgan fingerprint density at radius 3 is 2.71 bits per heavy atom. The lowest BCUT2D eigenvalue weighted by atomic mass is 10.2. The van der Waals surface area contributed by atoms with Gasteiger partial charge in [-0.05, 0) is 19.3 Å². The maximum atomic E-state index is 11.6. The van der Waals surface area contributed by atoms with Gasteiger partial charge in [-0.3, -0.25) is 4.99 Å². The summed E-state index contributed by atoms with van der Waals surface area (Å²) in [5.74, 6) is 0.418. The van der Waals surface area contributed by atoms with Gasteiger partial charge in [0.25, 0.3) is 0 Å². The summed E-state index contributed by atoms with van der Waals surface area (Å²) in [7, 11) is -3.12. The predicted molar refractivity (Wildman–Crippen MR) is 98.6 cm³/mol. The normalized spacial score (nSPS) is 20.3. The zero-order valence-electron chi connectivity index (χ0n) is 13.0. The van der Waals surface area contributed by atoms with Crippen molar-refractivity contribution in [2.75, 3.05) is 25.9 Å². The molecule has 0 radical (unpaired) electrons. The monoisotopic (exact) mass is 432 g/mol. The smallest absolute Gasteiger partial charge is 0.211 e. The Hall–Kier alpha value is -0.0900. The van der Waals surface area contributed by atoms with E-state index in [4.69, 9.17) is 5.73 Å². The van der Waals surface area contributed by atoms with Crippen LogP contribution in [0.2, 0.25) is 0 Å². The molecule has 0 aromatic rings. The van der Waals surface area contributed by atoms with E-state index in [1.165, 1.54) is 29.8 Å². The van der Waals surface area contributed by atoms with Crippen LogP contribution >= 0.6 is 24.0 Å². The third kappa shape index (κ3) is 8.20. The molecule has 21 heavy (non-hydrogen) atoms. The lowest BCUT2D eigenvalue weighted by molar-refractivity contribution is 0.397. The number of nitrogens with zero attached hydrogens (tertiary/aromatic N) is 2. The molecule has 0 unspecified atom stereocenters. The first-order valence-electron chi connectivity index (χ1n) is 7.45. The quantitative estimate of drug-likeness (QED) is 0.264. The Labute approximate surface area is 146 Å². The summed E-state index contributed by atoms with van der Waals surface area (Å²) in [6, 6.07) is -0.0366. The van der Waals surface area contributed by atoms with Gasteiger partial charge in [0.15, 0.2) is 5.96 Å². The minimum Gasteiger partial charge on any atom is -0.370 e. The maximum absolute atomic E-state index is 11.6. The molecule has 8 heteroatoms. The summed E-state index contributed by atoms with van der Waals surface area (Å²) in [6.45, 7) is 4.05. The zero-order chi connectivity index (χ0) is 15.0. The number of unbranched alkanes of at least 4 members (excludes halogenated alkanes) is 3. The highest BCUT2D eigenvalue weighted by molar-refractivity contribution is 14.0. The molecule has 1 rings (SSSR count). The molecule has 0 spiro atoms. The fourth-order valence-corrected chi connectivity index (χ4v) is 3.63. The molecule has 0 aromatic heterocycles. The second-order valence-electron chi connectivity index (χ2n) is 5.38. The van der Waals surface area contributed by atoms with Crippen molar-refractivity contribution >= 4 is 40.0 Å². The summed E-state index contributed by atoms with van der Waals surface area (Å²) in [5.41, 5.74) is 5.79. The van der Waals surface area contributed by atoms with E-state index in [1.54, 1.807) is 0 Å². The van der Waals surface area contributed by atoms with Crippen LogP contribution in [0.4, 0.5) is 0 Å². The van der Waals surface area contributed by atoms with Gasteiger partial charge >= 0.3 is 0 Å². The number of sulfonamides is 1. The van der Waals surface area contributed by atoms with Crippen molar-refractivity contribution in [3.63, 3.8) is 0 Å². The molecule has 0 amide bonds. The highest BCUT2D eigenvalue weighted by atomic mass is 127. The molecule has 1 saturated heterocycles. The molecular weight excluding hydrogens is 403 g/mol. The Bertz CT molecular complexity index is 414. The molecule has 6 nitrogen and oxygen atoms in total. The summed E-state index contributed by atoms with van der Waals surface area (Å²) in [4.78, 5) is 4.26. The zero-order valence-corrected chi connectivity index (χ0v) is 16.2. The van der Waals surface area contributed by atoms with Crippen molar-refractivity contribution in [3.8, 4) is 0 Å². The highest BCUT2D eigenvalue weighted by Gasteiger charge is 2.30. The van der Waals surface area contributed by atoms with E-state index < -0.39 is 10.0 Å². The van der Waals surface area contributed by atoms with Crippen molar-refractivity contribution in [2.45, 2.75) is 51.5 Å². The largest absolute Gasteiger partial charge is 0.370 e. The van der Waals surface area contributed by atoms with Crippen LogP contribution in [-0.2, 0) is 10.0 Å². The summed E-state index contributed by atoms with van der Waals surface area (Å²) < 4.78 is 24.7. The van der Waals surface area contributed by atoms with Gasteiger partial charge in [0.2, 0.25) is 10.0 Å². The van der Waals surface area contributed by atoms with Crippen LogP contribution in [-0.4, -0.2) is 50.6 Å². The lowest BCUT2D eigenvalue weighted by Crippen LogP contribution is -2.38. The predicted octanol–water partition coefficient (Wildman–Crippen LogP) is 1.51. The number of rotatable bonds is 8. The first-order chi connectivity index (χ1) is 9.45. The third-order valence-corrected chi connectivity index (χ3v) is 4.89. The van der Waals surface area contributed by atoms with E-state index in [0.717, 1.165) is 25.8 Å². The molecule has 1 aliphatic heterocycles. The van der Waals surface area contributed by atoms with Gasteiger partial charge in [0, 0.05) is 19.1 Å². The molecule has 0 aliphatic carbocycles. The van der Waals surface area contributed by atoms with Crippen molar-refractivity contribution in [2.24, 2.45) is 10.7 Å². The molecule has 1 aliphatic rings. The maximum Gasteiger partial charge on any atom is 0.211 e. The second-order valence-corrected chi connectivity index (χ2v) is 7.32. The van der Waals surface area contributed by atoms with E-state index in [0.29, 0.717) is 19.0 Å². The number of aliphatic imine (C=N–C) groups is 1. The molecular formula is C13H29IN4O2S. The van der Waals surface area contributed by atoms with Crippen LogP contribution in [0.1, 0.15) is 45.4 Å². The van der Waals surface area contributed by atoms with Gasteiger partial charge < -0.3 is 11.1 Å². The minimum absolute atomic E-state index is 0. The van der Waals surface area contributed by atoms with Gasteiger partial charge in [-0.2, -0.15) is 4.31 Å². The van der Waals surface area contributed by atoms with Gasteiger partial charge in [-0.25, -0.2) is 8.42 Å². The van der Waals surface area contributed by atoms with E-state index in [9.17, 15) is 8.42 Å². The van der Waals surface area contributed by atoms with Crippen molar-refractivity contribution in [3.05, 3.63) is 0 Å². The standard InChI is InChI=1S/C13H28N4O2S.HI/c1-3-4-5-6-9-15-13(14)16-11-12-8-7-10-17(12)20(2,18)19;/h12H,3-11H2,1-2H3,(H3,14,15,16);1H/t12-;/m1./s1. The van der Waals surface area contributed by atoms with Crippen LogP contribution < -0.4 is 11.1 Å². The van der Waals surface area contributed by atoms with E-state index >= 15 is 0 Å². The van der Waals surface area contributed by atoms with Gasteiger partial charge in [-0.1, -0.05) is 26.2 Å². The highest BCUT2D eigenvalue weighted by Crippen LogP contribution is 2.20. The Morgan fingerprint density at radius 2 is 2.10 bits per heavy atom. The molecule has 0 saturated carbocycles. The number of hydrogen-bond donors (Lipinski definition) is 2. The number of nitrogens with two attached hydrogens (primary N) is 1. The van der Waals surface area contributed by atoms with E-state index in [2.05, 4.69) is 17.2 Å². The summed E-state index contributed by atoms with van der Waals surface area (Å²) in [6.07, 6.45) is 7.75. The summed E-state index contributed by atoms with van der Waals surface area (Å²) >= 11 is 0. The fraction of sp³-hybridized carbons (Fsp3) is 0.923. The third-order valence-electron chi connectivity index (χ3n) is 3.56. The van der Waals surface area contributed by atoms with Crippen molar-refractivity contribution in [1.29, 1.82) is 0 Å². The number of guanidine groups is 1. The SMILES string of the molecule is CCCCCCNC(N)=NC[C@H]1CCCN1S(C)(=O)=O.I. The van der Waals surface area contributed by atoms with Crippen LogP contribution in [0.5, 0.6) is 0 Å². The van der Waals surface area contributed by atoms with Gasteiger partial charge in [0.1, 0.15) is 0 Å². The molecule has 1 atom stereocenters. The lowest BCUT2D eigenvalue weighted by Gasteiger charge is -2.20. The molecule has 1 heterocycles. The van der Waals surface area contributed by atoms with Crippen LogP contribution in [0.15, 0.2) is 4.99 Å². The molecule has 0 bridgehead atoms. The molecule has 3 N–H and O–H groups in total. The number of hydrogen-bond acceptors (Lipinski definition) is 3. The average Bonchev–Trinajstić information content (AvgIpc) is 2.84.